The van der Waals surface area contributed by atoms with Crippen molar-refractivity contribution in [2.45, 2.75) is 6.54 Å². The highest BCUT2D eigenvalue weighted by Gasteiger charge is 2.12. The standard InChI is InChI=1S/C11H15FN2S/c12-11-7-10(2-1-9(11)8-13)14-3-5-15-6-4-14/h1-2,7H,3-6,8,13H2. The maximum Gasteiger partial charge on any atom is 0.129 e. The molecule has 0 amide bonds. The number of hydrogen-bond donors (Lipinski definition) is 1. The van der Waals surface area contributed by atoms with Gasteiger partial charge in [-0.25, -0.2) is 4.39 Å². The molecular formula is C11H15FN2S. The lowest BCUT2D eigenvalue weighted by atomic mass is 10.2. The summed E-state index contributed by atoms with van der Waals surface area (Å²) in [6, 6.07) is 5.34. The molecule has 15 heavy (non-hydrogen) atoms. The van der Waals surface area contributed by atoms with E-state index in [0.717, 1.165) is 30.3 Å². The molecule has 1 heterocycles. The number of thioether (sulfide) groups is 1. The van der Waals surface area contributed by atoms with Gasteiger partial charge in [-0.2, -0.15) is 11.8 Å². The molecule has 2 N–H and O–H groups in total. The van der Waals surface area contributed by atoms with E-state index >= 15 is 0 Å². The molecule has 0 saturated carbocycles. The first-order chi connectivity index (χ1) is 7.31. The molecule has 0 aliphatic carbocycles. The summed E-state index contributed by atoms with van der Waals surface area (Å²) in [4.78, 5) is 2.22. The van der Waals surface area contributed by atoms with Crippen molar-refractivity contribution in [1.82, 2.24) is 0 Å². The Hall–Kier alpha value is -0.740. The smallest absolute Gasteiger partial charge is 0.129 e. The molecule has 4 heteroatoms. The molecule has 1 fully saturated rings. The molecule has 0 radical (unpaired) electrons. The van der Waals surface area contributed by atoms with E-state index in [-0.39, 0.29) is 12.4 Å². The minimum atomic E-state index is -0.187. The van der Waals surface area contributed by atoms with E-state index in [1.807, 2.05) is 17.8 Å². The fraction of sp³-hybridized carbons (Fsp3) is 0.455. The predicted octanol–water partition coefficient (Wildman–Crippen LogP) is 1.84. The van der Waals surface area contributed by atoms with Crippen molar-refractivity contribution in [3.63, 3.8) is 0 Å². The maximum absolute atomic E-state index is 13.5. The van der Waals surface area contributed by atoms with Crippen LogP contribution in [0.25, 0.3) is 0 Å². The molecule has 0 atom stereocenters. The molecule has 0 unspecified atom stereocenters. The van der Waals surface area contributed by atoms with Gasteiger partial charge in [0, 0.05) is 42.4 Å². The fourth-order valence-electron chi connectivity index (χ4n) is 1.72. The lowest BCUT2D eigenvalue weighted by molar-refractivity contribution is 0.609. The van der Waals surface area contributed by atoms with Crippen LogP contribution in [0.15, 0.2) is 18.2 Å². The number of nitrogens with two attached hydrogens (primary N) is 1. The zero-order valence-corrected chi connectivity index (χ0v) is 9.39. The van der Waals surface area contributed by atoms with Gasteiger partial charge in [0.15, 0.2) is 0 Å². The second-order valence-electron chi connectivity index (χ2n) is 3.58. The number of anilines is 1. The van der Waals surface area contributed by atoms with Crippen LogP contribution in [0.3, 0.4) is 0 Å². The highest BCUT2D eigenvalue weighted by atomic mass is 32.2. The van der Waals surface area contributed by atoms with Gasteiger partial charge in [0.25, 0.3) is 0 Å². The van der Waals surface area contributed by atoms with Gasteiger partial charge in [-0.1, -0.05) is 6.07 Å². The van der Waals surface area contributed by atoms with Crippen molar-refractivity contribution in [2.24, 2.45) is 5.73 Å². The second-order valence-corrected chi connectivity index (χ2v) is 4.80. The molecule has 1 saturated heterocycles. The molecule has 1 aliphatic heterocycles. The van der Waals surface area contributed by atoms with Gasteiger partial charge in [-0.15, -0.1) is 0 Å². The van der Waals surface area contributed by atoms with Crippen LogP contribution in [0.5, 0.6) is 0 Å². The Bertz CT molecular complexity index is 337. The van der Waals surface area contributed by atoms with Crippen LogP contribution in [0.1, 0.15) is 5.56 Å². The van der Waals surface area contributed by atoms with Crippen molar-refractivity contribution < 1.29 is 4.39 Å². The van der Waals surface area contributed by atoms with Gasteiger partial charge < -0.3 is 10.6 Å². The van der Waals surface area contributed by atoms with E-state index in [0.29, 0.717) is 5.56 Å². The van der Waals surface area contributed by atoms with E-state index in [4.69, 9.17) is 5.73 Å². The quantitative estimate of drug-likeness (QED) is 0.834. The van der Waals surface area contributed by atoms with Crippen LogP contribution in [-0.2, 0) is 6.54 Å². The highest BCUT2D eigenvalue weighted by Crippen LogP contribution is 2.21. The summed E-state index contributed by atoms with van der Waals surface area (Å²) >= 11 is 1.95. The van der Waals surface area contributed by atoms with Gasteiger partial charge in [0.2, 0.25) is 0 Å². The van der Waals surface area contributed by atoms with E-state index in [9.17, 15) is 4.39 Å². The first kappa shape index (κ1) is 10.8. The third-order valence-corrected chi connectivity index (χ3v) is 3.58. The summed E-state index contributed by atoms with van der Waals surface area (Å²) in [6.45, 7) is 2.28. The third kappa shape index (κ3) is 2.44. The Kier molecular flexibility index (Phi) is 3.49. The summed E-state index contributed by atoms with van der Waals surface area (Å²) in [6.07, 6.45) is 0. The molecule has 0 aromatic heterocycles. The highest BCUT2D eigenvalue weighted by molar-refractivity contribution is 7.99. The normalized spacial score (nSPS) is 16.8. The van der Waals surface area contributed by atoms with Gasteiger partial charge in [0.1, 0.15) is 5.82 Å². The van der Waals surface area contributed by atoms with Gasteiger partial charge in [0.05, 0.1) is 0 Å². The first-order valence-corrected chi connectivity index (χ1v) is 6.28. The van der Waals surface area contributed by atoms with Crippen LogP contribution in [-0.4, -0.2) is 24.6 Å². The molecule has 1 aromatic rings. The second kappa shape index (κ2) is 4.86. The number of hydrogen-bond acceptors (Lipinski definition) is 3. The minimum Gasteiger partial charge on any atom is -0.370 e. The van der Waals surface area contributed by atoms with Crippen LogP contribution in [0.4, 0.5) is 10.1 Å². The van der Waals surface area contributed by atoms with Crippen molar-refractivity contribution in [3.8, 4) is 0 Å². The van der Waals surface area contributed by atoms with Gasteiger partial charge in [-0.3, -0.25) is 0 Å². The minimum absolute atomic E-state index is 0.187. The molecule has 2 nitrogen and oxygen atoms in total. The van der Waals surface area contributed by atoms with Crippen LogP contribution >= 0.6 is 11.8 Å². The van der Waals surface area contributed by atoms with Crippen LogP contribution in [0.2, 0.25) is 0 Å². The van der Waals surface area contributed by atoms with Crippen LogP contribution < -0.4 is 10.6 Å². The van der Waals surface area contributed by atoms with Gasteiger partial charge >= 0.3 is 0 Å². The van der Waals surface area contributed by atoms with Crippen molar-refractivity contribution in [1.29, 1.82) is 0 Å². The Morgan fingerprint density at radius 3 is 2.67 bits per heavy atom. The summed E-state index contributed by atoms with van der Waals surface area (Å²) in [5, 5.41) is 0. The average Bonchev–Trinajstić information content (AvgIpc) is 2.30. The average molecular weight is 226 g/mol. The maximum atomic E-state index is 13.5. The molecule has 82 valence electrons. The molecule has 1 aromatic carbocycles. The third-order valence-electron chi connectivity index (χ3n) is 2.63. The molecule has 2 rings (SSSR count). The van der Waals surface area contributed by atoms with Crippen molar-refractivity contribution in [3.05, 3.63) is 29.6 Å². The lowest BCUT2D eigenvalue weighted by Gasteiger charge is -2.28. The molecular weight excluding hydrogens is 211 g/mol. The van der Waals surface area contributed by atoms with E-state index < -0.39 is 0 Å². The summed E-state index contributed by atoms with van der Waals surface area (Å²) in [7, 11) is 0. The zero-order valence-electron chi connectivity index (χ0n) is 8.58. The van der Waals surface area contributed by atoms with E-state index in [1.165, 1.54) is 0 Å². The summed E-state index contributed by atoms with van der Waals surface area (Å²) in [5.74, 6) is 2.06. The Balaban J connectivity index is 2.17. The fourth-order valence-corrected chi connectivity index (χ4v) is 2.62. The summed E-state index contributed by atoms with van der Waals surface area (Å²) < 4.78 is 13.5. The van der Waals surface area contributed by atoms with E-state index in [2.05, 4.69) is 4.90 Å². The van der Waals surface area contributed by atoms with Crippen molar-refractivity contribution >= 4 is 17.4 Å². The monoisotopic (exact) mass is 226 g/mol. The number of benzene rings is 1. The van der Waals surface area contributed by atoms with Crippen molar-refractivity contribution in [2.75, 3.05) is 29.5 Å². The first-order valence-electron chi connectivity index (χ1n) is 5.12. The predicted molar refractivity (Wildman–Crippen MR) is 63.8 cm³/mol. The number of rotatable bonds is 2. The largest absolute Gasteiger partial charge is 0.370 e. The topological polar surface area (TPSA) is 29.3 Å². The number of nitrogens with zero attached hydrogens (tertiary/aromatic N) is 1. The molecule has 0 bridgehead atoms. The number of halogens is 1. The van der Waals surface area contributed by atoms with Gasteiger partial charge in [-0.05, 0) is 12.1 Å². The van der Waals surface area contributed by atoms with E-state index in [1.54, 1.807) is 12.1 Å². The SMILES string of the molecule is NCc1ccc(N2CCSCC2)cc1F. The summed E-state index contributed by atoms with van der Waals surface area (Å²) in [5.41, 5.74) is 6.99. The Morgan fingerprint density at radius 1 is 1.33 bits per heavy atom. The Morgan fingerprint density at radius 2 is 2.07 bits per heavy atom. The zero-order chi connectivity index (χ0) is 10.7. The van der Waals surface area contributed by atoms with Crippen LogP contribution in [0, 0.1) is 5.82 Å². The molecule has 1 aliphatic rings. The lowest BCUT2D eigenvalue weighted by Crippen LogP contribution is -2.32. The Labute approximate surface area is 93.6 Å². The molecule has 0 spiro atoms.